The zero-order valence-corrected chi connectivity index (χ0v) is 17.0. The van der Waals surface area contributed by atoms with Crippen LogP contribution in [0.25, 0.3) is 0 Å². The third kappa shape index (κ3) is 5.15. The Bertz CT molecular complexity index is 893. The summed E-state index contributed by atoms with van der Waals surface area (Å²) >= 11 is 1.41. The lowest BCUT2D eigenvalue weighted by molar-refractivity contribution is 0.0997. The van der Waals surface area contributed by atoms with Crippen molar-refractivity contribution in [3.05, 3.63) is 45.7 Å². The fourth-order valence-corrected chi connectivity index (χ4v) is 4.14. The summed E-state index contributed by atoms with van der Waals surface area (Å²) in [5, 5.41) is 5.31. The van der Waals surface area contributed by atoms with E-state index in [1.165, 1.54) is 30.6 Å². The highest BCUT2D eigenvalue weighted by Gasteiger charge is 2.23. The van der Waals surface area contributed by atoms with Gasteiger partial charge < -0.3 is 0 Å². The van der Waals surface area contributed by atoms with E-state index in [0.717, 1.165) is 11.6 Å². The zero-order chi connectivity index (χ0) is 19.2. The van der Waals surface area contributed by atoms with Crippen molar-refractivity contribution in [1.82, 2.24) is 14.7 Å². The largest absolute Gasteiger partial charge is 0.287 e. The van der Waals surface area contributed by atoms with E-state index in [9.17, 15) is 4.79 Å². The van der Waals surface area contributed by atoms with Gasteiger partial charge in [-0.05, 0) is 45.7 Å². The lowest BCUT2D eigenvalue weighted by atomic mass is 9.98. The molecule has 0 aliphatic carbocycles. The molecule has 2 unspecified atom stereocenters. The van der Waals surface area contributed by atoms with Crippen molar-refractivity contribution in [3.8, 4) is 11.8 Å². The number of piperidine rings is 1. The van der Waals surface area contributed by atoms with Crippen LogP contribution in [0.5, 0.6) is 0 Å². The Balaban J connectivity index is 1.70. The van der Waals surface area contributed by atoms with Crippen molar-refractivity contribution in [2.45, 2.75) is 58.7 Å². The number of amides is 1. The van der Waals surface area contributed by atoms with E-state index in [1.807, 2.05) is 25.1 Å². The number of aryl methyl sites for hydroxylation is 1. The number of benzene rings is 1. The highest BCUT2D eigenvalue weighted by Crippen LogP contribution is 2.21. The Morgan fingerprint density at radius 1 is 1.19 bits per heavy atom. The van der Waals surface area contributed by atoms with Crippen molar-refractivity contribution in [2.24, 2.45) is 4.99 Å². The van der Waals surface area contributed by atoms with E-state index in [-0.39, 0.29) is 5.91 Å². The van der Waals surface area contributed by atoms with E-state index < -0.39 is 0 Å². The first-order valence-corrected chi connectivity index (χ1v) is 10.3. The molecule has 1 aromatic heterocycles. The van der Waals surface area contributed by atoms with Gasteiger partial charge in [-0.15, -0.1) is 0 Å². The highest BCUT2D eigenvalue weighted by atomic mass is 32.1. The van der Waals surface area contributed by atoms with E-state index in [1.54, 1.807) is 16.8 Å². The van der Waals surface area contributed by atoms with Crippen LogP contribution in [0.3, 0.4) is 0 Å². The summed E-state index contributed by atoms with van der Waals surface area (Å²) < 4.78 is 1.72. The van der Waals surface area contributed by atoms with Gasteiger partial charge in [0.1, 0.15) is 11.6 Å². The lowest BCUT2D eigenvalue weighted by Gasteiger charge is -2.37. The average molecular weight is 383 g/mol. The minimum absolute atomic E-state index is 0.253. The Kier molecular flexibility index (Phi) is 6.59. The van der Waals surface area contributed by atoms with Gasteiger partial charge in [-0.25, -0.2) is 4.68 Å². The number of likely N-dealkylation sites (tertiary alicyclic amines) is 1. The number of hydrogen-bond acceptors (Lipinski definition) is 4. The first-order valence-electron chi connectivity index (χ1n) is 9.44. The van der Waals surface area contributed by atoms with Gasteiger partial charge in [0.05, 0.1) is 6.54 Å². The summed E-state index contributed by atoms with van der Waals surface area (Å²) in [7, 11) is 0. The molecule has 0 bridgehead atoms. The molecule has 1 aliphatic rings. The van der Waals surface area contributed by atoms with Crippen molar-refractivity contribution in [1.29, 1.82) is 0 Å². The van der Waals surface area contributed by atoms with Crippen molar-refractivity contribution in [2.75, 3.05) is 6.54 Å². The maximum atomic E-state index is 12.3. The molecular formula is C21H26N4OS. The molecule has 1 amide bonds. The van der Waals surface area contributed by atoms with Gasteiger partial charge in [-0.2, -0.15) is 10.1 Å². The summed E-state index contributed by atoms with van der Waals surface area (Å²) in [6.45, 7) is 7.70. The molecule has 5 nitrogen and oxygen atoms in total. The van der Waals surface area contributed by atoms with Crippen molar-refractivity contribution < 1.29 is 4.79 Å². The maximum Gasteiger partial charge on any atom is 0.279 e. The zero-order valence-electron chi connectivity index (χ0n) is 16.2. The molecule has 1 fully saturated rings. The maximum absolute atomic E-state index is 12.3. The Morgan fingerprint density at radius 2 is 1.85 bits per heavy atom. The van der Waals surface area contributed by atoms with Crippen LogP contribution in [0.2, 0.25) is 0 Å². The molecule has 0 saturated carbocycles. The summed E-state index contributed by atoms with van der Waals surface area (Å²) in [4.78, 5) is 19.6. The smallest absolute Gasteiger partial charge is 0.279 e. The number of nitrogens with zero attached hydrogens (tertiary/aromatic N) is 4. The van der Waals surface area contributed by atoms with Gasteiger partial charge in [0.25, 0.3) is 5.91 Å². The standard InChI is InChI=1S/C21H26N4OS/c1-16-10-9-11-17(2)24(16)14-7-8-15-25-21(27-18(3)23-25)22-20(26)19-12-5-4-6-13-19/h4-6,12-13,16-17H,9-11,14-15H2,1-3H3. The van der Waals surface area contributed by atoms with Crippen LogP contribution in [0.1, 0.15) is 48.5 Å². The van der Waals surface area contributed by atoms with Crippen molar-refractivity contribution in [3.63, 3.8) is 0 Å². The summed E-state index contributed by atoms with van der Waals surface area (Å²) in [5.41, 5.74) is 0.578. The van der Waals surface area contributed by atoms with E-state index >= 15 is 0 Å². The number of carbonyl (C=O) groups excluding carboxylic acids is 1. The predicted octanol–water partition coefficient (Wildman–Crippen LogP) is 3.26. The summed E-state index contributed by atoms with van der Waals surface area (Å²) in [6.07, 6.45) is 3.80. The first-order chi connectivity index (χ1) is 13.0. The normalized spacial score (nSPS) is 20.9. The van der Waals surface area contributed by atoms with Crippen LogP contribution >= 0.6 is 11.3 Å². The molecule has 0 radical (unpaired) electrons. The van der Waals surface area contributed by atoms with Gasteiger partial charge in [-0.3, -0.25) is 9.69 Å². The van der Waals surface area contributed by atoms with Gasteiger partial charge in [0.2, 0.25) is 4.80 Å². The molecule has 1 saturated heterocycles. The molecule has 2 heterocycles. The van der Waals surface area contributed by atoms with E-state index in [2.05, 4.69) is 40.7 Å². The molecular weight excluding hydrogens is 356 g/mol. The van der Waals surface area contributed by atoms with Gasteiger partial charge in [0.15, 0.2) is 0 Å². The average Bonchev–Trinajstić information content (AvgIpc) is 3.00. The second-order valence-corrected chi connectivity index (χ2v) is 8.16. The minimum Gasteiger partial charge on any atom is -0.287 e. The van der Waals surface area contributed by atoms with E-state index in [4.69, 9.17) is 0 Å². The van der Waals surface area contributed by atoms with Gasteiger partial charge in [0, 0.05) is 17.6 Å². The molecule has 2 aromatic rings. The van der Waals surface area contributed by atoms with Crippen molar-refractivity contribution >= 4 is 17.2 Å². The van der Waals surface area contributed by atoms with Gasteiger partial charge >= 0.3 is 0 Å². The quantitative estimate of drug-likeness (QED) is 0.766. The molecule has 0 spiro atoms. The minimum atomic E-state index is -0.253. The van der Waals surface area contributed by atoms with E-state index in [0.29, 0.717) is 29.0 Å². The van der Waals surface area contributed by atoms with Crippen LogP contribution in [-0.2, 0) is 6.54 Å². The second-order valence-electron chi connectivity index (χ2n) is 7.00. The third-order valence-electron chi connectivity index (χ3n) is 4.93. The molecule has 142 valence electrons. The lowest BCUT2D eigenvalue weighted by Crippen LogP contribution is -2.43. The van der Waals surface area contributed by atoms with Crippen LogP contribution in [-0.4, -0.2) is 39.2 Å². The highest BCUT2D eigenvalue weighted by molar-refractivity contribution is 7.08. The van der Waals surface area contributed by atoms with Crippen LogP contribution in [0.15, 0.2) is 35.3 Å². The van der Waals surface area contributed by atoms with Crippen LogP contribution in [0.4, 0.5) is 0 Å². The fourth-order valence-electron chi connectivity index (χ4n) is 3.40. The summed E-state index contributed by atoms with van der Waals surface area (Å²) in [6, 6.07) is 10.3. The molecule has 0 N–H and O–H groups in total. The molecule has 1 aliphatic heterocycles. The topological polar surface area (TPSA) is 50.5 Å². The van der Waals surface area contributed by atoms with Crippen LogP contribution in [0, 0.1) is 18.8 Å². The SMILES string of the molecule is Cc1nn(CC#CCN2C(C)CCCC2C)c(=NC(=O)c2ccccc2)s1. The number of rotatable bonds is 3. The fraction of sp³-hybridized carbons (Fsp3) is 0.476. The first kappa shape index (κ1) is 19.5. The molecule has 2 atom stereocenters. The number of carbonyl (C=O) groups is 1. The Morgan fingerprint density at radius 3 is 2.56 bits per heavy atom. The third-order valence-corrected chi connectivity index (χ3v) is 5.79. The molecule has 3 rings (SSSR count). The molecule has 27 heavy (non-hydrogen) atoms. The Hall–Kier alpha value is -2.23. The van der Waals surface area contributed by atoms with Gasteiger partial charge in [-0.1, -0.05) is 47.8 Å². The second kappa shape index (κ2) is 9.12. The van der Waals surface area contributed by atoms with Crippen LogP contribution < -0.4 is 4.80 Å². The molecule has 6 heteroatoms. The predicted molar refractivity (Wildman–Crippen MR) is 108 cm³/mol. The number of aromatic nitrogens is 2. The monoisotopic (exact) mass is 382 g/mol. The Labute approximate surface area is 164 Å². The number of hydrogen-bond donors (Lipinski definition) is 0. The summed E-state index contributed by atoms with van der Waals surface area (Å²) in [5.74, 6) is 6.23. The molecule has 1 aromatic carbocycles.